The summed E-state index contributed by atoms with van der Waals surface area (Å²) in [6.07, 6.45) is 0. The summed E-state index contributed by atoms with van der Waals surface area (Å²) in [6, 6.07) is 15.5. The van der Waals surface area contributed by atoms with Crippen molar-refractivity contribution in [1.82, 2.24) is 0 Å². The van der Waals surface area contributed by atoms with E-state index in [2.05, 4.69) is 0 Å². The van der Waals surface area contributed by atoms with E-state index in [0.717, 1.165) is 11.1 Å². The summed E-state index contributed by atoms with van der Waals surface area (Å²) in [6.45, 7) is 0.992. The van der Waals surface area contributed by atoms with E-state index in [0.29, 0.717) is 23.9 Å². The summed E-state index contributed by atoms with van der Waals surface area (Å²) in [5.41, 5.74) is 8.50. The molecule has 2 nitrogen and oxygen atoms in total. The van der Waals surface area contributed by atoms with Crippen LogP contribution in [0.5, 0.6) is 0 Å². The van der Waals surface area contributed by atoms with E-state index in [-0.39, 0.29) is 0 Å². The second-order valence-corrected chi connectivity index (χ2v) is 4.19. The molecule has 0 spiro atoms. The minimum Gasteiger partial charge on any atom is -0.398 e. The normalized spacial score (nSPS) is 10.4. The van der Waals surface area contributed by atoms with Gasteiger partial charge < -0.3 is 10.5 Å². The maximum atomic E-state index is 6.05. The molecule has 3 heteroatoms. The Bertz CT molecular complexity index is 465. The van der Waals surface area contributed by atoms with Crippen molar-refractivity contribution in [2.24, 2.45) is 0 Å². The third-order valence-electron chi connectivity index (χ3n) is 2.51. The molecular formula is C14H14ClNO. The molecule has 0 saturated heterocycles. The molecule has 0 aliphatic heterocycles. The van der Waals surface area contributed by atoms with Gasteiger partial charge in [-0.25, -0.2) is 0 Å². The summed E-state index contributed by atoms with van der Waals surface area (Å²) in [5.74, 6) is 0. The first kappa shape index (κ1) is 12.0. The average molecular weight is 248 g/mol. The highest BCUT2D eigenvalue weighted by molar-refractivity contribution is 6.31. The molecule has 0 saturated carbocycles. The van der Waals surface area contributed by atoms with Gasteiger partial charge in [0.05, 0.1) is 13.2 Å². The van der Waals surface area contributed by atoms with Crippen LogP contribution in [0, 0.1) is 0 Å². The quantitative estimate of drug-likeness (QED) is 0.838. The minimum absolute atomic E-state index is 0.431. The van der Waals surface area contributed by atoms with E-state index in [9.17, 15) is 0 Å². The van der Waals surface area contributed by atoms with Gasteiger partial charge in [0.2, 0.25) is 0 Å². The molecule has 2 aromatic rings. The number of nitrogens with two attached hydrogens (primary N) is 1. The summed E-state index contributed by atoms with van der Waals surface area (Å²) in [5, 5.41) is 0.651. The molecule has 2 aromatic carbocycles. The third kappa shape index (κ3) is 3.22. The number of ether oxygens (including phenoxy) is 1. The molecule has 0 aliphatic rings. The van der Waals surface area contributed by atoms with Gasteiger partial charge in [-0.2, -0.15) is 0 Å². The van der Waals surface area contributed by atoms with Crippen LogP contribution in [0.2, 0.25) is 5.02 Å². The first-order valence-corrected chi connectivity index (χ1v) is 5.79. The molecule has 17 heavy (non-hydrogen) atoms. The van der Waals surface area contributed by atoms with Crippen molar-refractivity contribution in [3.8, 4) is 0 Å². The molecule has 2 rings (SSSR count). The molecular weight excluding hydrogens is 234 g/mol. The Morgan fingerprint density at radius 3 is 2.41 bits per heavy atom. The van der Waals surface area contributed by atoms with Crippen LogP contribution in [-0.4, -0.2) is 0 Å². The zero-order valence-electron chi connectivity index (χ0n) is 9.40. The molecule has 2 N–H and O–H groups in total. The van der Waals surface area contributed by atoms with Crippen molar-refractivity contribution in [2.75, 3.05) is 5.73 Å². The highest BCUT2D eigenvalue weighted by atomic mass is 35.5. The molecule has 0 atom stereocenters. The Balaban J connectivity index is 1.95. The van der Waals surface area contributed by atoms with Crippen LogP contribution < -0.4 is 5.73 Å². The molecule has 0 unspecified atom stereocenters. The topological polar surface area (TPSA) is 35.2 Å². The molecule has 88 valence electrons. The van der Waals surface area contributed by atoms with E-state index >= 15 is 0 Å². The van der Waals surface area contributed by atoms with Crippen LogP contribution in [0.25, 0.3) is 0 Å². The second kappa shape index (κ2) is 5.71. The fraction of sp³-hybridized carbons (Fsp3) is 0.143. The van der Waals surface area contributed by atoms with E-state index in [1.54, 1.807) is 0 Å². The van der Waals surface area contributed by atoms with E-state index in [1.165, 1.54) is 0 Å². The van der Waals surface area contributed by atoms with Crippen LogP contribution >= 0.6 is 11.6 Å². The lowest BCUT2D eigenvalue weighted by Gasteiger charge is -2.08. The van der Waals surface area contributed by atoms with Crippen LogP contribution in [-0.2, 0) is 18.0 Å². The minimum atomic E-state index is 0.431. The number of hydrogen-bond acceptors (Lipinski definition) is 2. The van der Waals surface area contributed by atoms with Crippen molar-refractivity contribution in [2.45, 2.75) is 13.2 Å². The van der Waals surface area contributed by atoms with E-state index < -0.39 is 0 Å². The molecule has 0 amide bonds. The van der Waals surface area contributed by atoms with Crippen molar-refractivity contribution >= 4 is 17.3 Å². The Morgan fingerprint density at radius 1 is 0.941 bits per heavy atom. The number of nitrogen functional groups attached to an aromatic ring is 1. The summed E-state index contributed by atoms with van der Waals surface area (Å²) in [7, 11) is 0. The van der Waals surface area contributed by atoms with E-state index in [4.69, 9.17) is 22.1 Å². The monoisotopic (exact) mass is 247 g/mol. The molecule has 0 aromatic heterocycles. The number of halogens is 1. The first-order valence-electron chi connectivity index (χ1n) is 5.42. The summed E-state index contributed by atoms with van der Waals surface area (Å²) >= 11 is 6.05. The van der Waals surface area contributed by atoms with Crippen LogP contribution in [0.3, 0.4) is 0 Å². The van der Waals surface area contributed by atoms with Gasteiger partial charge in [-0.05, 0) is 17.7 Å². The van der Waals surface area contributed by atoms with Gasteiger partial charge in [0.25, 0.3) is 0 Å². The number of rotatable bonds is 4. The second-order valence-electron chi connectivity index (χ2n) is 3.79. The van der Waals surface area contributed by atoms with Crippen LogP contribution in [0.15, 0.2) is 48.5 Å². The molecule has 0 bridgehead atoms. The molecule has 0 heterocycles. The van der Waals surface area contributed by atoms with Gasteiger partial charge in [-0.3, -0.25) is 0 Å². The van der Waals surface area contributed by atoms with Gasteiger partial charge >= 0.3 is 0 Å². The highest BCUT2D eigenvalue weighted by Gasteiger charge is 2.04. The van der Waals surface area contributed by atoms with Gasteiger partial charge in [-0.1, -0.05) is 48.0 Å². The average Bonchev–Trinajstić information content (AvgIpc) is 2.34. The summed E-state index contributed by atoms with van der Waals surface area (Å²) < 4.78 is 5.60. The lowest BCUT2D eigenvalue weighted by atomic mass is 10.2. The highest BCUT2D eigenvalue weighted by Crippen LogP contribution is 2.22. The Hall–Kier alpha value is -1.51. The standard InChI is InChI=1S/C14H14ClNO/c15-13-7-4-8-14(16)12(13)10-17-9-11-5-2-1-3-6-11/h1-8H,9-10,16H2. The summed E-state index contributed by atoms with van der Waals surface area (Å²) in [4.78, 5) is 0. The first-order chi connectivity index (χ1) is 8.27. The third-order valence-corrected chi connectivity index (χ3v) is 2.87. The fourth-order valence-corrected chi connectivity index (χ4v) is 1.81. The maximum absolute atomic E-state index is 6.05. The maximum Gasteiger partial charge on any atom is 0.0756 e. The number of benzene rings is 2. The molecule has 0 aliphatic carbocycles. The Kier molecular flexibility index (Phi) is 4.02. The van der Waals surface area contributed by atoms with Crippen LogP contribution in [0.4, 0.5) is 5.69 Å². The lowest BCUT2D eigenvalue weighted by molar-refractivity contribution is 0.107. The Labute approximate surface area is 106 Å². The van der Waals surface area contributed by atoms with Crippen molar-refractivity contribution in [3.63, 3.8) is 0 Å². The van der Waals surface area contributed by atoms with Crippen molar-refractivity contribution in [3.05, 3.63) is 64.7 Å². The Morgan fingerprint density at radius 2 is 1.71 bits per heavy atom. The van der Waals surface area contributed by atoms with Gasteiger partial charge in [0, 0.05) is 16.3 Å². The van der Waals surface area contributed by atoms with Crippen molar-refractivity contribution in [1.29, 1.82) is 0 Å². The lowest BCUT2D eigenvalue weighted by Crippen LogP contribution is -1.99. The van der Waals surface area contributed by atoms with Gasteiger partial charge in [0.1, 0.15) is 0 Å². The van der Waals surface area contributed by atoms with Crippen LogP contribution in [0.1, 0.15) is 11.1 Å². The van der Waals surface area contributed by atoms with E-state index in [1.807, 2.05) is 48.5 Å². The largest absolute Gasteiger partial charge is 0.398 e. The fourth-order valence-electron chi connectivity index (χ4n) is 1.57. The van der Waals surface area contributed by atoms with Crippen molar-refractivity contribution < 1.29 is 4.74 Å². The van der Waals surface area contributed by atoms with Gasteiger partial charge in [0.15, 0.2) is 0 Å². The predicted octanol–water partition coefficient (Wildman–Crippen LogP) is 3.64. The van der Waals surface area contributed by atoms with Gasteiger partial charge in [-0.15, -0.1) is 0 Å². The smallest absolute Gasteiger partial charge is 0.0756 e. The number of hydrogen-bond donors (Lipinski definition) is 1. The predicted molar refractivity (Wildman–Crippen MR) is 70.8 cm³/mol. The number of anilines is 1. The SMILES string of the molecule is Nc1cccc(Cl)c1COCc1ccccc1. The molecule has 0 fully saturated rings. The molecule has 0 radical (unpaired) electrons. The zero-order valence-corrected chi connectivity index (χ0v) is 10.2. The zero-order chi connectivity index (χ0) is 12.1.